The Kier molecular flexibility index (Phi) is 5.13. The number of halogens is 2. The van der Waals surface area contributed by atoms with Crippen molar-refractivity contribution in [1.29, 1.82) is 0 Å². The van der Waals surface area contributed by atoms with Gasteiger partial charge in [0.1, 0.15) is 12.7 Å². The number of aromatic nitrogens is 3. The van der Waals surface area contributed by atoms with Gasteiger partial charge in [-0.3, -0.25) is 9.36 Å². The molecule has 3 aromatic rings. The molecule has 2 aromatic carbocycles. The van der Waals surface area contributed by atoms with Gasteiger partial charge in [0.05, 0.1) is 21.3 Å². The van der Waals surface area contributed by atoms with Crippen LogP contribution in [0.5, 0.6) is 5.75 Å². The lowest BCUT2D eigenvalue weighted by Gasteiger charge is -2.21. The Morgan fingerprint density at radius 2 is 1.74 bits per heavy atom. The maximum Gasteiger partial charge on any atom is 0.257 e. The molecule has 0 aliphatic rings. The molecule has 0 unspecified atom stereocenters. The molecule has 0 fully saturated rings. The van der Waals surface area contributed by atoms with Crippen LogP contribution in [-0.4, -0.2) is 25.8 Å². The predicted molar refractivity (Wildman–Crippen MR) is 106 cm³/mol. The summed E-state index contributed by atoms with van der Waals surface area (Å²) in [4.78, 5) is 12.8. The largest absolute Gasteiger partial charge is 0.504 e. The molecule has 0 atom stereocenters. The highest BCUT2D eigenvalue weighted by Crippen LogP contribution is 2.37. The van der Waals surface area contributed by atoms with Crippen LogP contribution in [0.15, 0.2) is 43.0 Å². The Hall–Kier alpha value is -2.57. The summed E-state index contributed by atoms with van der Waals surface area (Å²) in [5.74, 6) is -0.656. The second-order valence-electron chi connectivity index (χ2n) is 7.09. The highest BCUT2D eigenvalue weighted by Gasteiger charge is 2.20. The van der Waals surface area contributed by atoms with Crippen molar-refractivity contribution >= 4 is 34.8 Å². The highest BCUT2D eigenvalue weighted by molar-refractivity contribution is 6.35. The summed E-state index contributed by atoms with van der Waals surface area (Å²) in [7, 11) is 0. The number of benzene rings is 2. The zero-order chi connectivity index (χ0) is 19.8. The third-order valence-electron chi connectivity index (χ3n) is 4.09. The lowest BCUT2D eigenvalue weighted by Crippen LogP contribution is -2.16. The van der Waals surface area contributed by atoms with Gasteiger partial charge in [-0.25, -0.2) is 0 Å². The monoisotopic (exact) mass is 404 g/mol. The van der Waals surface area contributed by atoms with Crippen molar-refractivity contribution in [2.75, 3.05) is 5.32 Å². The molecule has 0 saturated heterocycles. The first-order valence-electron chi connectivity index (χ1n) is 8.15. The average molecular weight is 405 g/mol. The number of amides is 1. The number of phenols is 1. The molecular formula is C19H18Cl2N4O2. The smallest absolute Gasteiger partial charge is 0.257 e. The zero-order valence-corrected chi connectivity index (χ0v) is 16.5. The number of rotatable bonds is 3. The van der Waals surface area contributed by atoms with Crippen LogP contribution in [0.2, 0.25) is 10.0 Å². The maximum atomic E-state index is 12.8. The first kappa shape index (κ1) is 19.2. The number of hydrogen-bond donors (Lipinski definition) is 2. The van der Waals surface area contributed by atoms with Crippen molar-refractivity contribution in [3.8, 4) is 11.4 Å². The Labute approximate surface area is 166 Å². The van der Waals surface area contributed by atoms with E-state index in [1.807, 2.05) is 20.8 Å². The third-order valence-corrected chi connectivity index (χ3v) is 4.71. The first-order valence-corrected chi connectivity index (χ1v) is 8.91. The van der Waals surface area contributed by atoms with Crippen LogP contribution in [0.3, 0.4) is 0 Å². The van der Waals surface area contributed by atoms with Crippen molar-refractivity contribution in [1.82, 2.24) is 14.8 Å². The average Bonchev–Trinajstić information content (AvgIpc) is 3.12. The number of nitrogens with zero attached hydrogens (tertiary/aromatic N) is 3. The van der Waals surface area contributed by atoms with Crippen LogP contribution in [0.4, 0.5) is 5.69 Å². The van der Waals surface area contributed by atoms with Gasteiger partial charge in [0.15, 0.2) is 5.75 Å². The minimum atomic E-state index is -0.465. The fourth-order valence-electron chi connectivity index (χ4n) is 2.50. The number of nitrogens with one attached hydrogen (secondary N) is 1. The van der Waals surface area contributed by atoms with Crippen LogP contribution >= 0.6 is 23.2 Å². The van der Waals surface area contributed by atoms with E-state index in [-0.39, 0.29) is 32.5 Å². The summed E-state index contributed by atoms with van der Waals surface area (Å²) in [5.41, 5.74) is 1.83. The lowest BCUT2D eigenvalue weighted by atomic mass is 9.86. The van der Waals surface area contributed by atoms with Gasteiger partial charge in [0, 0.05) is 5.69 Å². The fourth-order valence-corrected chi connectivity index (χ4v) is 2.92. The molecule has 1 heterocycles. The third kappa shape index (κ3) is 4.07. The summed E-state index contributed by atoms with van der Waals surface area (Å²) in [6.45, 7) is 6.04. The molecule has 0 bridgehead atoms. The van der Waals surface area contributed by atoms with E-state index in [2.05, 4.69) is 15.5 Å². The van der Waals surface area contributed by atoms with E-state index in [4.69, 9.17) is 23.2 Å². The first-order chi connectivity index (χ1) is 12.7. The van der Waals surface area contributed by atoms with Gasteiger partial charge in [-0.1, -0.05) is 44.0 Å². The van der Waals surface area contributed by atoms with Crippen molar-refractivity contribution in [3.63, 3.8) is 0 Å². The minimum absolute atomic E-state index is 0.169. The van der Waals surface area contributed by atoms with Gasteiger partial charge in [-0.15, -0.1) is 10.2 Å². The molecule has 0 aliphatic heterocycles. The molecule has 8 heteroatoms. The van der Waals surface area contributed by atoms with E-state index in [9.17, 15) is 9.90 Å². The van der Waals surface area contributed by atoms with E-state index in [0.29, 0.717) is 5.69 Å². The fraction of sp³-hybridized carbons (Fsp3) is 0.211. The highest BCUT2D eigenvalue weighted by atomic mass is 35.5. The van der Waals surface area contributed by atoms with Gasteiger partial charge in [-0.05, 0) is 41.3 Å². The van der Waals surface area contributed by atoms with Gasteiger partial charge in [0.2, 0.25) is 0 Å². The normalized spacial score (nSPS) is 11.4. The Balaban J connectivity index is 1.97. The molecule has 140 valence electrons. The predicted octanol–water partition coefficient (Wildman–Crippen LogP) is 4.83. The molecule has 0 saturated carbocycles. The molecule has 6 nitrogen and oxygen atoms in total. The summed E-state index contributed by atoms with van der Waals surface area (Å²) >= 11 is 12.3. The van der Waals surface area contributed by atoms with Crippen molar-refractivity contribution in [2.24, 2.45) is 0 Å². The van der Waals surface area contributed by atoms with Crippen LogP contribution in [-0.2, 0) is 5.41 Å². The second-order valence-corrected chi connectivity index (χ2v) is 7.91. The van der Waals surface area contributed by atoms with Crippen LogP contribution in [0.25, 0.3) is 5.69 Å². The quantitative estimate of drug-likeness (QED) is 0.612. The second kappa shape index (κ2) is 7.21. The van der Waals surface area contributed by atoms with Crippen LogP contribution in [0.1, 0.15) is 36.7 Å². The van der Waals surface area contributed by atoms with E-state index in [1.54, 1.807) is 34.9 Å². The molecule has 2 N–H and O–H groups in total. The van der Waals surface area contributed by atoms with E-state index >= 15 is 0 Å². The zero-order valence-electron chi connectivity index (χ0n) is 15.0. The van der Waals surface area contributed by atoms with E-state index < -0.39 is 5.91 Å². The molecule has 1 aromatic heterocycles. The van der Waals surface area contributed by atoms with Gasteiger partial charge < -0.3 is 10.4 Å². The number of carbonyl (C=O) groups excluding carboxylic acids is 1. The topological polar surface area (TPSA) is 80.0 Å². The van der Waals surface area contributed by atoms with Crippen molar-refractivity contribution < 1.29 is 9.90 Å². The van der Waals surface area contributed by atoms with Crippen molar-refractivity contribution in [2.45, 2.75) is 26.2 Å². The minimum Gasteiger partial charge on any atom is -0.504 e. The van der Waals surface area contributed by atoms with Crippen LogP contribution in [0, 0.1) is 0 Å². The Morgan fingerprint density at radius 1 is 1.07 bits per heavy atom. The van der Waals surface area contributed by atoms with E-state index in [0.717, 1.165) is 5.56 Å². The molecule has 0 radical (unpaired) electrons. The van der Waals surface area contributed by atoms with Gasteiger partial charge in [0.25, 0.3) is 5.91 Å². The summed E-state index contributed by atoms with van der Waals surface area (Å²) in [6.07, 6.45) is 3.03. The number of anilines is 1. The van der Waals surface area contributed by atoms with Crippen molar-refractivity contribution in [3.05, 3.63) is 64.2 Å². The lowest BCUT2D eigenvalue weighted by molar-refractivity contribution is 0.102. The summed E-state index contributed by atoms with van der Waals surface area (Å²) in [6, 6.07) is 8.37. The Bertz CT molecular complexity index is 996. The molecule has 3 rings (SSSR count). The summed E-state index contributed by atoms with van der Waals surface area (Å²) < 4.78 is 1.65. The number of phenolic OH excluding ortho intramolecular Hbond substituents is 1. The van der Waals surface area contributed by atoms with Gasteiger partial charge in [-0.2, -0.15) is 0 Å². The molecule has 1 amide bonds. The number of carbonyl (C=O) groups is 1. The molecule has 27 heavy (non-hydrogen) atoms. The number of hydrogen-bond acceptors (Lipinski definition) is 4. The standard InChI is InChI=1S/C19H18Cl2N4O2/c1-19(2,3)11-6-15(21)17(26)16(7-11)24-18(27)13-8-12(4-5-14(13)20)25-9-22-23-10-25/h4-10,26H,1-3H3,(H,24,27). The Morgan fingerprint density at radius 3 is 2.37 bits per heavy atom. The maximum absolute atomic E-state index is 12.8. The molecular weight excluding hydrogens is 387 g/mol. The van der Waals surface area contributed by atoms with Crippen LogP contribution < -0.4 is 5.32 Å². The van der Waals surface area contributed by atoms with E-state index in [1.165, 1.54) is 12.7 Å². The van der Waals surface area contributed by atoms with Gasteiger partial charge >= 0.3 is 0 Å². The molecule has 0 spiro atoms. The number of aromatic hydroxyl groups is 1. The SMILES string of the molecule is CC(C)(C)c1cc(Cl)c(O)c(NC(=O)c2cc(-n3cnnc3)ccc2Cl)c1. The summed E-state index contributed by atoms with van der Waals surface area (Å²) in [5, 5.41) is 20.9. The molecule has 0 aliphatic carbocycles.